The Hall–Kier alpha value is -3.70. The van der Waals surface area contributed by atoms with Crippen molar-refractivity contribution in [2.45, 2.75) is 126 Å². The Labute approximate surface area is 355 Å². The lowest BCUT2D eigenvalue weighted by Crippen LogP contribution is -2.47. The minimum absolute atomic E-state index is 0. The molecule has 2 amide bonds. The molecule has 0 bridgehead atoms. The minimum atomic E-state index is -1.07. The van der Waals surface area contributed by atoms with Crippen LogP contribution in [0.3, 0.4) is 0 Å². The lowest BCUT2D eigenvalue weighted by molar-refractivity contribution is -0.159. The summed E-state index contributed by atoms with van der Waals surface area (Å²) in [6, 6.07) is 7.62. The molecule has 0 radical (unpaired) electrons. The summed E-state index contributed by atoms with van der Waals surface area (Å²) in [7, 11) is -2.04. The first-order valence-electron chi connectivity index (χ1n) is 18.6. The second kappa shape index (κ2) is 23.2. The zero-order chi connectivity index (χ0) is 42.9. The predicted octanol–water partition coefficient (Wildman–Crippen LogP) is 2.90. The van der Waals surface area contributed by atoms with Gasteiger partial charge in [-0.25, -0.2) is 9.59 Å². The van der Waals surface area contributed by atoms with Crippen molar-refractivity contribution >= 4 is 79.7 Å². The lowest BCUT2D eigenvalue weighted by atomic mass is 9.78. The Morgan fingerprint density at radius 3 is 1.34 bits per heavy atom. The number of carbonyl (C=O) groups excluding carboxylic acids is 4. The SMILES string of the molecule is CC(C)[C@H](N)C(=O)OC(C)(C)C.CC(C)[C@H](NC(=O)c1ccc2c(c1)B(O)OC2)C(=O)O.CC(C)[C@H](NC(=O)c1ccc2c(c1)B(O)OC2)C(=O)OC(C)(C)C.Cl.Cl. The van der Waals surface area contributed by atoms with E-state index in [4.69, 9.17) is 29.6 Å². The van der Waals surface area contributed by atoms with Crippen LogP contribution in [-0.4, -0.2) is 88.4 Å². The quantitative estimate of drug-likeness (QED) is 0.149. The van der Waals surface area contributed by atoms with Crippen LogP contribution in [0, 0.1) is 17.8 Å². The summed E-state index contributed by atoms with van der Waals surface area (Å²) in [6.07, 6.45) is 0. The molecule has 3 atom stereocenters. The van der Waals surface area contributed by atoms with Crippen LogP contribution in [0.5, 0.6) is 0 Å². The fourth-order valence-electron chi connectivity index (χ4n) is 5.18. The van der Waals surface area contributed by atoms with E-state index in [1.165, 1.54) is 6.07 Å². The highest BCUT2D eigenvalue weighted by atomic mass is 35.5. The number of carbonyl (C=O) groups is 5. The highest BCUT2D eigenvalue weighted by molar-refractivity contribution is 6.62. The van der Waals surface area contributed by atoms with Gasteiger partial charge in [0.15, 0.2) is 0 Å². The molecule has 0 aromatic heterocycles. The van der Waals surface area contributed by atoms with Crippen LogP contribution >= 0.6 is 24.8 Å². The standard InChI is InChI=1S/C17H24BNO5.C13H16BNO5.C9H19NO2.2ClH/c1-10(2)14(16(21)24-17(3,4)5)19-15(20)11-6-7-12-9-23-18(22)13(12)8-11;1-7(2)11(13(17)18)15-12(16)8-3-4-9-6-20-14(19)10(9)5-8;1-6(2)7(10)8(11)12-9(3,4)5;;/h6-8,10,14,22H,9H2,1-5H3,(H,19,20);3-5,7,11,19H,6H2,1-2H3,(H,15,16)(H,17,18);6-7H,10H2,1-5H3;2*1H/t14-;11-;7-;;/m000../s1. The molecule has 4 rings (SSSR count). The molecule has 7 N–H and O–H groups in total. The third kappa shape index (κ3) is 16.9. The number of ether oxygens (including phenoxy) is 2. The molecule has 2 aromatic carbocycles. The largest absolute Gasteiger partial charge is 0.491 e. The van der Waals surface area contributed by atoms with Crippen molar-refractivity contribution in [2.75, 3.05) is 0 Å². The molecule has 0 aliphatic carbocycles. The van der Waals surface area contributed by atoms with E-state index < -0.39 is 61.4 Å². The van der Waals surface area contributed by atoms with E-state index in [-0.39, 0.29) is 54.4 Å². The third-order valence-corrected chi connectivity index (χ3v) is 8.37. The first-order chi connectivity index (χ1) is 25.7. The van der Waals surface area contributed by atoms with Gasteiger partial charge in [0.2, 0.25) is 0 Å². The molecule has 2 aliphatic rings. The number of nitrogens with two attached hydrogens (primary N) is 1. The Kier molecular flexibility index (Phi) is 21.7. The van der Waals surface area contributed by atoms with E-state index in [0.29, 0.717) is 35.3 Å². The van der Waals surface area contributed by atoms with Crippen LogP contribution in [0.2, 0.25) is 0 Å². The van der Waals surface area contributed by atoms with E-state index in [1.54, 1.807) is 65.0 Å². The van der Waals surface area contributed by atoms with Crippen molar-refractivity contribution in [2.24, 2.45) is 23.5 Å². The van der Waals surface area contributed by atoms with Gasteiger partial charge < -0.3 is 50.3 Å². The summed E-state index contributed by atoms with van der Waals surface area (Å²) in [5.74, 6) is -2.94. The number of benzene rings is 2. The van der Waals surface area contributed by atoms with Gasteiger partial charge in [0.05, 0.1) is 13.2 Å². The highest BCUT2D eigenvalue weighted by Gasteiger charge is 2.32. The summed E-state index contributed by atoms with van der Waals surface area (Å²) in [5, 5.41) is 33.6. The van der Waals surface area contributed by atoms with Gasteiger partial charge >= 0.3 is 32.1 Å². The number of aliphatic carboxylic acids is 1. The lowest BCUT2D eigenvalue weighted by Gasteiger charge is -2.26. The highest BCUT2D eigenvalue weighted by Crippen LogP contribution is 2.16. The molecule has 2 aromatic rings. The maximum atomic E-state index is 12.5. The van der Waals surface area contributed by atoms with Crippen LogP contribution in [0.1, 0.15) is 115 Å². The Morgan fingerprint density at radius 1 is 0.655 bits per heavy atom. The van der Waals surface area contributed by atoms with E-state index >= 15 is 0 Å². The Bertz CT molecular complexity index is 1720. The van der Waals surface area contributed by atoms with Crippen LogP contribution in [-0.2, 0) is 46.4 Å². The average Bonchev–Trinajstić information content (AvgIpc) is 3.64. The van der Waals surface area contributed by atoms with Crippen LogP contribution in [0.15, 0.2) is 36.4 Å². The number of hydrogen-bond acceptors (Lipinski definition) is 12. The van der Waals surface area contributed by atoms with Gasteiger partial charge in [0.25, 0.3) is 11.8 Å². The zero-order valence-corrected chi connectivity index (χ0v) is 37.0. The third-order valence-electron chi connectivity index (χ3n) is 8.37. The number of rotatable bonds is 10. The summed E-state index contributed by atoms with van der Waals surface area (Å²) in [6.45, 7) is 22.4. The van der Waals surface area contributed by atoms with Crippen molar-refractivity contribution in [1.29, 1.82) is 0 Å². The normalized spacial score (nSPS) is 14.5. The zero-order valence-electron chi connectivity index (χ0n) is 35.4. The van der Waals surface area contributed by atoms with Crippen molar-refractivity contribution in [1.82, 2.24) is 10.6 Å². The molecule has 58 heavy (non-hydrogen) atoms. The molecule has 0 saturated heterocycles. The maximum absolute atomic E-state index is 12.5. The van der Waals surface area contributed by atoms with Crippen LogP contribution in [0.4, 0.5) is 0 Å². The average molecular weight is 856 g/mol. The summed E-state index contributed by atoms with van der Waals surface area (Å²) in [4.78, 5) is 59.2. The van der Waals surface area contributed by atoms with E-state index in [9.17, 15) is 34.0 Å². The van der Waals surface area contributed by atoms with Gasteiger partial charge in [0, 0.05) is 11.1 Å². The molecule has 2 aliphatic heterocycles. The molecule has 0 unspecified atom stereocenters. The van der Waals surface area contributed by atoms with E-state index in [2.05, 4.69) is 10.6 Å². The number of halogens is 2. The molecule has 15 nitrogen and oxygen atoms in total. The van der Waals surface area contributed by atoms with Gasteiger partial charge in [-0.3, -0.25) is 14.4 Å². The number of nitrogens with one attached hydrogen (secondary N) is 2. The van der Waals surface area contributed by atoms with Crippen LogP contribution in [0.25, 0.3) is 0 Å². The van der Waals surface area contributed by atoms with Crippen molar-refractivity contribution in [3.05, 3.63) is 58.7 Å². The fourth-order valence-corrected chi connectivity index (χ4v) is 5.18. The van der Waals surface area contributed by atoms with Crippen molar-refractivity contribution in [3.63, 3.8) is 0 Å². The number of hydrogen-bond donors (Lipinski definition) is 6. The van der Waals surface area contributed by atoms with Gasteiger partial charge in [-0.2, -0.15) is 0 Å². The smallest absolute Gasteiger partial charge is 0.480 e. The van der Waals surface area contributed by atoms with Gasteiger partial charge in [-0.05, 0) is 106 Å². The summed E-state index contributed by atoms with van der Waals surface area (Å²) in [5.41, 5.74) is 8.02. The van der Waals surface area contributed by atoms with Crippen molar-refractivity contribution in [3.8, 4) is 0 Å². The first kappa shape index (κ1) is 54.3. The number of amides is 2. The molecular formula is C39H61B2Cl2N3O12. The Morgan fingerprint density at radius 2 is 1.02 bits per heavy atom. The molecule has 0 spiro atoms. The van der Waals surface area contributed by atoms with Gasteiger partial charge in [-0.15, -0.1) is 24.8 Å². The second-order valence-electron chi connectivity index (χ2n) is 16.7. The summed E-state index contributed by atoms with van der Waals surface area (Å²) < 4.78 is 20.6. The molecule has 19 heteroatoms. The second-order valence-corrected chi connectivity index (χ2v) is 16.7. The van der Waals surface area contributed by atoms with Crippen molar-refractivity contribution < 1.29 is 57.9 Å². The molecular weight excluding hydrogens is 795 g/mol. The van der Waals surface area contributed by atoms with Gasteiger partial charge in [-0.1, -0.05) is 53.7 Å². The summed E-state index contributed by atoms with van der Waals surface area (Å²) >= 11 is 0. The Balaban J connectivity index is 0.000000870. The topological polar surface area (TPSA) is 233 Å². The number of esters is 2. The first-order valence-corrected chi connectivity index (χ1v) is 18.6. The molecule has 0 saturated carbocycles. The predicted molar refractivity (Wildman–Crippen MR) is 226 cm³/mol. The fraction of sp³-hybridized carbons (Fsp3) is 0.564. The van der Waals surface area contributed by atoms with Gasteiger partial charge in [0.1, 0.15) is 29.3 Å². The van der Waals surface area contributed by atoms with E-state index in [0.717, 1.165) is 11.1 Å². The van der Waals surface area contributed by atoms with E-state index in [1.807, 2.05) is 48.5 Å². The minimum Gasteiger partial charge on any atom is -0.480 e. The number of fused-ring (bicyclic) bond motifs is 2. The molecule has 0 fully saturated rings. The maximum Gasteiger partial charge on any atom is 0.491 e. The monoisotopic (exact) mass is 855 g/mol. The number of carboxylic acids is 1. The molecule has 324 valence electrons. The number of carboxylic acid groups (broad SMARTS) is 1. The molecule has 2 heterocycles. The van der Waals surface area contributed by atoms with Crippen LogP contribution < -0.4 is 27.3 Å².